The summed E-state index contributed by atoms with van der Waals surface area (Å²) >= 11 is 0. The van der Waals surface area contributed by atoms with Crippen LogP contribution in [0.25, 0.3) is 0 Å². The highest BCUT2D eigenvalue weighted by atomic mass is 16.6. The van der Waals surface area contributed by atoms with Crippen LogP contribution in [0.5, 0.6) is 0 Å². The lowest BCUT2D eigenvalue weighted by atomic mass is 10.1. The standard InChI is InChI=1S/C77H120O6/c1-4-7-10-13-16-19-22-25-28-30-32-34-36-37-38-39-41-42-44-46-49-52-55-58-61-64-67-70-76(79)82-73-74(72-81-75(78)69-66-63-60-57-54-51-48-27-24-21-18-15-12-9-6-3)83-77(80)71-68-65-62-59-56-53-50-47-45-43-40-35-33-31-29-26-23-20-17-14-11-8-5-2/h7,9-10,12,16,18-19,21,23,25-28,31-34,37-38,40-43,46,48-49,54,57,63,66,74H,4-6,8,11,13-15,17,20,22,24,29-30,35-36,39,44-45,47,50-53,55-56,58-62,64-65,67-73H2,1-3H3/b10-7-,12-9-,19-16-,21-18-,26-23-,28-25-,33-31-,34-32-,38-37-,42-41-,43-40-,48-27-,49-46-,57-54-,66-63-. The monoisotopic (exact) mass is 1140 g/mol. The van der Waals surface area contributed by atoms with Crippen LogP contribution in [0, 0.1) is 0 Å². The molecule has 0 rings (SSSR count). The van der Waals surface area contributed by atoms with Gasteiger partial charge < -0.3 is 14.2 Å². The summed E-state index contributed by atoms with van der Waals surface area (Å²) in [4.78, 5) is 38.3. The van der Waals surface area contributed by atoms with Gasteiger partial charge in [0, 0.05) is 12.8 Å². The van der Waals surface area contributed by atoms with E-state index >= 15 is 0 Å². The van der Waals surface area contributed by atoms with Crippen molar-refractivity contribution in [2.24, 2.45) is 0 Å². The van der Waals surface area contributed by atoms with E-state index < -0.39 is 12.1 Å². The molecule has 0 aromatic rings. The van der Waals surface area contributed by atoms with E-state index in [9.17, 15) is 14.4 Å². The zero-order valence-corrected chi connectivity index (χ0v) is 53.1. The second-order valence-electron chi connectivity index (χ2n) is 21.3. The number of carbonyl (C=O) groups excluding carboxylic acids is 3. The first-order valence-electron chi connectivity index (χ1n) is 33.3. The lowest BCUT2D eigenvalue weighted by molar-refractivity contribution is -0.166. The zero-order chi connectivity index (χ0) is 59.9. The van der Waals surface area contributed by atoms with Crippen molar-refractivity contribution < 1.29 is 28.6 Å². The van der Waals surface area contributed by atoms with Gasteiger partial charge in [-0.1, -0.05) is 287 Å². The van der Waals surface area contributed by atoms with Crippen LogP contribution < -0.4 is 0 Å². The van der Waals surface area contributed by atoms with Gasteiger partial charge in [0.2, 0.25) is 0 Å². The van der Waals surface area contributed by atoms with Crippen molar-refractivity contribution in [3.05, 3.63) is 182 Å². The Bertz CT molecular complexity index is 1940. The molecule has 0 aliphatic carbocycles. The molecular formula is C77H120O6. The third-order valence-electron chi connectivity index (χ3n) is 13.4. The number of esters is 3. The second-order valence-corrected chi connectivity index (χ2v) is 21.3. The molecule has 0 heterocycles. The molecule has 0 spiro atoms. The van der Waals surface area contributed by atoms with Crippen LogP contribution in [0.4, 0.5) is 0 Å². The van der Waals surface area contributed by atoms with E-state index in [1.54, 1.807) is 6.08 Å². The summed E-state index contributed by atoms with van der Waals surface area (Å²) in [5.41, 5.74) is 0. The van der Waals surface area contributed by atoms with E-state index in [2.05, 4.69) is 191 Å². The smallest absolute Gasteiger partial charge is 0.309 e. The van der Waals surface area contributed by atoms with Gasteiger partial charge in [-0.05, 0) is 141 Å². The van der Waals surface area contributed by atoms with Crippen molar-refractivity contribution in [3.8, 4) is 0 Å². The summed E-state index contributed by atoms with van der Waals surface area (Å²) < 4.78 is 16.8. The molecule has 464 valence electrons. The van der Waals surface area contributed by atoms with Crippen LogP contribution in [0.3, 0.4) is 0 Å². The Morgan fingerprint density at radius 1 is 0.265 bits per heavy atom. The minimum atomic E-state index is -0.843. The number of allylic oxidation sites excluding steroid dienone is 29. The number of unbranched alkanes of at least 4 members (excludes halogenated alkanes) is 18. The van der Waals surface area contributed by atoms with E-state index in [0.717, 1.165) is 154 Å². The number of ether oxygens (including phenoxy) is 3. The predicted molar refractivity (Wildman–Crippen MR) is 361 cm³/mol. The maximum Gasteiger partial charge on any atom is 0.309 e. The third-order valence-corrected chi connectivity index (χ3v) is 13.4. The van der Waals surface area contributed by atoms with Crippen molar-refractivity contribution in [2.45, 2.75) is 271 Å². The quantitative estimate of drug-likeness (QED) is 0.0261. The summed E-state index contributed by atoms with van der Waals surface area (Å²) in [5.74, 6) is -1.09. The topological polar surface area (TPSA) is 78.9 Å². The first-order chi connectivity index (χ1) is 41.0. The first kappa shape index (κ1) is 77.5. The van der Waals surface area contributed by atoms with Gasteiger partial charge >= 0.3 is 17.9 Å². The Kier molecular flexibility index (Phi) is 64.4. The van der Waals surface area contributed by atoms with Gasteiger partial charge in [-0.3, -0.25) is 14.4 Å². The molecular weight excluding hydrogens is 1020 g/mol. The van der Waals surface area contributed by atoms with Gasteiger partial charge in [-0.25, -0.2) is 0 Å². The van der Waals surface area contributed by atoms with Crippen LogP contribution >= 0.6 is 0 Å². The molecule has 0 bridgehead atoms. The van der Waals surface area contributed by atoms with Crippen LogP contribution in [0.2, 0.25) is 0 Å². The van der Waals surface area contributed by atoms with Crippen LogP contribution in [-0.2, 0) is 28.6 Å². The van der Waals surface area contributed by atoms with Crippen molar-refractivity contribution in [2.75, 3.05) is 13.2 Å². The highest BCUT2D eigenvalue weighted by Crippen LogP contribution is 2.14. The molecule has 0 saturated heterocycles. The summed E-state index contributed by atoms with van der Waals surface area (Å²) in [6.07, 6.45) is 104. The molecule has 0 aromatic carbocycles. The van der Waals surface area contributed by atoms with Gasteiger partial charge in [0.25, 0.3) is 0 Å². The molecule has 0 amide bonds. The SMILES string of the molecule is CC/C=C\C/C=C\C/C=C\C/C=C\C/C=C\C/C=C\C/C=C\CCCCCCCC(=O)OCC(COC(=O)C/C=C\C/C=C\C/C=C\C/C=C\C/C=C\CC)OC(=O)CCCCCCCCCC/C=C\C/C=C\C/C=C\CCCCCCC. The number of rotatable bonds is 58. The normalized spacial score (nSPS) is 13.3. The Morgan fingerprint density at radius 2 is 0.518 bits per heavy atom. The van der Waals surface area contributed by atoms with E-state index in [1.165, 1.54) is 70.6 Å². The lowest BCUT2D eigenvalue weighted by Gasteiger charge is -2.18. The van der Waals surface area contributed by atoms with Crippen molar-refractivity contribution in [1.29, 1.82) is 0 Å². The molecule has 0 saturated carbocycles. The zero-order valence-electron chi connectivity index (χ0n) is 53.1. The van der Waals surface area contributed by atoms with E-state index in [1.807, 2.05) is 6.08 Å². The van der Waals surface area contributed by atoms with E-state index in [0.29, 0.717) is 6.42 Å². The molecule has 83 heavy (non-hydrogen) atoms. The van der Waals surface area contributed by atoms with Crippen LogP contribution in [0.15, 0.2) is 182 Å². The second kappa shape index (κ2) is 69.0. The lowest BCUT2D eigenvalue weighted by Crippen LogP contribution is -2.30. The van der Waals surface area contributed by atoms with Crippen molar-refractivity contribution >= 4 is 17.9 Å². The predicted octanol–water partition coefficient (Wildman–Crippen LogP) is 23.2. The fourth-order valence-corrected chi connectivity index (χ4v) is 8.50. The van der Waals surface area contributed by atoms with E-state index in [-0.39, 0.29) is 38.0 Å². The molecule has 0 fully saturated rings. The van der Waals surface area contributed by atoms with Gasteiger partial charge in [0.1, 0.15) is 13.2 Å². The Morgan fingerprint density at radius 3 is 0.843 bits per heavy atom. The number of hydrogen-bond donors (Lipinski definition) is 0. The number of hydrogen-bond acceptors (Lipinski definition) is 6. The van der Waals surface area contributed by atoms with Crippen LogP contribution in [-0.4, -0.2) is 37.2 Å². The summed E-state index contributed by atoms with van der Waals surface area (Å²) in [6, 6.07) is 0. The van der Waals surface area contributed by atoms with Gasteiger partial charge in [0.15, 0.2) is 6.10 Å². The molecule has 0 N–H and O–H groups in total. The number of carbonyl (C=O) groups is 3. The molecule has 6 heteroatoms. The Hall–Kier alpha value is -5.49. The highest BCUT2D eigenvalue weighted by Gasteiger charge is 2.19. The summed E-state index contributed by atoms with van der Waals surface area (Å²) in [7, 11) is 0. The third kappa shape index (κ3) is 67.2. The summed E-state index contributed by atoms with van der Waals surface area (Å²) in [6.45, 7) is 6.28. The maximum atomic E-state index is 12.9. The molecule has 0 aliphatic heterocycles. The van der Waals surface area contributed by atoms with Gasteiger partial charge in [-0.15, -0.1) is 0 Å². The molecule has 0 aliphatic rings. The van der Waals surface area contributed by atoms with Gasteiger partial charge in [-0.2, -0.15) is 0 Å². The highest BCUT2D eigenvalue weighted by molar-refractivity contribution is 5.72. The largest absolute Gasteiger partial charge is 0.462 e. The molecule has 0 radical (unpaired) electrons. The molecule has 1 unspecified atom stereocenters. The van der Waals surface area contributed by atoms with Gasteiger partial charge in [0.05, 0.1) is 6.42 Å². The van der Waals surface area contributed by atoms with Crippen LogP contribution in [0.1, 0.15) is 265 Å². The minimum Gasteiger partial charge on any atom is -0.462 e. The Labute approximate surface area is 510 Å². The summed E-state index contributed by atoms with van der Waals surface area (Å²) in [5, 5.41) is 0. The maximum absolute atomic E-state index is 12.9. The average Bonchev–Trinajstić information content (AvgIpc) is 3.49. The van der Waals surface area contributed by atoms with E-state index in [4.69, 9.17) is 14.2 Å². The average molecular weight is 1140 g/mol. The molecule has 6 nitrogen and oxygen atoms in total. The van der Waals surface area contributed by atoms with Crippen molar-refractivity contribution in [1.82, 2.24) is 0 Å². The molecule has 0 aromatic heterocycles. The minimum absolute atomic E-state index is 0.112. The molecule has 1 atom stereocenters. The Balaban J connectivity index is 4.52. The fraction of sp³-hybridized carbons (Fsp3) is 0.571. The van der Waals surface area contributed by atoms with Crippen molar-refractivity contribution in [3.63, 3.8) is 0 Å². The first-order valence-corrected chi connectivity index (χ1v) is 33.3. The fourth-order valence-electron chi connectivity index (χ4n) is 8.50.